The number of phenols is 1. The highest BCUT2D eigenvalue weighted by Crippen LogP contribution is 2.54. The van der Waals surface area contributed by atoms with Crippen molar-refractivity contribution in [2.75, 3.05) is 39.6 Å². The van der Waals surface area contributed by atoms with Gasteiger partial charge in [-0.25, -0.2) is 0 Å². The number of benzene rings is 1. The minimum absolute atomic E-state index is 0.0554. The molecule has 1 amide bonds. The van der Waals surface area contributed by atoms with Crippen LogP contribution in [0.3, 0.4) is 0 Å². The topological polar surface area (TPSA) is 177 Å². The number of alkyl halides is 3. The molecule has 0 heterocycles. The Labute approximate surface area is 233 Å². The molecule has 3 aliphatic rings. The molecule has 0 aliphatic heterocycles. The first-order valence-electron chi connectivity index (χ1n) is 12.9. The zero-order valence-electron chi connectivity index (χ0n) is 23.0. The van der Waals surface area contributed by atoms with E-state index >= 15 is 0 Å². The number of Topliss-reactive ketones (excluding diaryl/α,β-unsaturated/α-hetero) is 2. The first-order chi connectivity index (χ1) is 18.9. The van der Waals surface area contributed by atoms with Crippen molar-refractivity contribution >= 4 is 28.9 Å². The Bertz CT molecular complexity index is 1390. The highest BCUT2D eigenvalue weighted by Gasteiger charge is 2.64. The largest absolute Gasteiger partial charge is 0.508 e. The van der Waals surface area contributed by atoms with Crippen molar-refractivity contribution in [3.8, 4) is 5.75 Å². The predicted molar refractivity (Wildman–Crippen MR) is 141 cm³/mol. The standard InChI is InChI=1S/C27H33F3N4O7/c1-33(2)15-9-12(10-32-6-5-26(28,29)30)20(35)17-13(15)7-11-8-14-19(34(3)4)22(37)18(25(31)40)24(39)27(14,41)23(38)16(11)21(17)36/h9,11,14,19,32,35-36,39,41H,5-8,10H2,1-4H3,(H2,31,40)/t11-,14-,19-,27-/m0/s1. The van der Waals surface area contributed by atoms with Crippen LogP contribution in [-0.4, -0.2) is 95.4 Å². The van der Waals surface area contributed by atoms with Gasteiger partial charge < -0.3 is 36.4 Å². The quantitative estimate of drug-likeness (QED) is 0.201. The van der Waals surface area contributed by atoms with Crippen LogP contribution < -0.4 is 16.0 Å². The molecule has 0 spiro atoms. The summed E-state index contributed by atoms with van der Waals surface area (Å²) < 4.78 is 37.7. The fraction of sp³-hybridized carbons (Fsp3) is 0.519. The Morgan fingerprint density at radius 3 is 2.34 bits per heavy atom. The molecule has 0 radical (unpaired) electrons. The molecule has 14 heteroatoms. The number of aliphatic hydroxyl groups excluding tert-OH is 2. The number of anilines is 1. The van der Waals surface area contributed by atoms with Gasteiger partial charge in [0.05, 0.1) is 18.0 Å². The second-order valence-corrected chi connectivity index (χ2v) is 11.2. The molecule has 0 aromatic heterocycles. The number of nitrogens with two attached hydrogens (primary N) is 1. The monoisotopic (exact) mass is 582 g/mol. The van der Waals surface area contributed by atoms with E-state index < -0.39 is 82.9 Å². The third-order valence-electron chi connectivity index (χ3n) is 8.16. The van der Waals surface area contributed by atoms with Crippen molar-refractivity contribution < 1.29 is 48.0 Å². The molecule has 1 saturated carbocycles. The Morgan fingerprint density at radius 1 is 1.17 bits per heavy atom. The van der Waals surface area contributed by atoms with Crippen LogP contribution in [0.4, 0.5) is 18.9 Å². The van der Waals surface area contributed by atoms with Crippen LogP contribution in [0, 0.1) is 11.8 Å². The van der Waals surface area contributed by atoms with E-state index in [9.17, 15) is 48.0 Å². The summed E-state index contributed by atoms with van der Waals surface area (Å²) in [6, 6.07) is 0.383. The zero-order chi connectivity index (χ0) is 30.8. The van der Waals surface area contributed by atoms with E-state index in [1.807, 2.05) is 0 Å². The maximum Gasteiger partial charge on any atom is 0.390 e. The number of ketones is 2. The van der Waals surface area contributed by atoms with E-state index in [1.54, 1.807) is 25.1 Å². The molecule has 0 saturated heterocycles. The number of primary amides is 1. The van der Waals surface area contributed by atoms with Crippen LogP contribution in [0.15, 0.2) is 23.0 Å². The maximum atomic E-state index is 14.0. The number of aliphatic hydroxyl groups is 3. The minimum atomic E-state index is -4.37. The third-order valence-corrected chi connectivity index (χ3v) is 8.16. The van der Waals surface area contributed by atoms with Crippen molar-refractivity contribution in [1.29, 1.82) is 0 Å². The minimum Gasteiger partial charge on any atom is -0.508 e. The molecule has 4 atom stereocenters. The van der Waals surface area contributed by atoms with Gasteiger partial charge in [0.1, 0.15) is 22.8 Å². The summed E-state index contributed by atoms with van der Waals surface area (Å²) in [5, 5.41) is 47.8. The van der Waals surface area contributed by atoms with Crippen LogP contribution in [0.2, 0.25) is 0 Å². The summed E-state index contributed by atoms with van der Waals surface area (Å²) in [6.45, 7) is -0.598. The molecule has 224 valence electrons. The highest BCUT2D eigenvalue weighted by molar-refractivity contribution is 6.24. The molecule has 4 rings (SSSR count). The lowest BCUT2D eigenvalue weighted by Gasteiger charge is -2.50. The SMILES string of the molecule is CN(C)c1cc(CNCCC(F)(F)F)c(O)c2c1C[C@H]1C[C@H]3[C@H](N(C)C)C(=O)C(C(N)=O)=C(O)[C@@]3(O)C(=O)C1=C2O. The number of likely N-dealkylation sites (N-methyl/N-ethyl adjacent to an activating group) is 1. The van der Waals surface area contributed by atoms with E-state index in [0.29, 0.717) is 11.3 Å². The van der Waals surface area contributed by atoms with Crippen LogP contribution >= 0.6 is 0 Å². The van der Waals surface area contributed by atoms with E-state index in [-0.39, 0.29) is 36.1 Å². The Balaban J connectivity index is 1.87. The number of aromatic hydroxyl groups is 1. The molecule has 1 aromatic carbocycles. The maximum absolute atomic E-state index is 14.0. The number of nitrogens with one attached hydrogen (secondary N) is 1. The number of hydrogen-bond donors (Lipinski definition) is 6. The lowest BCUT2D eigenvalue weighted by Crippen LogP contribution is -2.65. The van der Waals surface area contributed by atoms with Gasteiger partial charge in [0.2, 0.25) is 5.78 Å². The first-order valence-corrected chi connectivity index (χ1v) is 12.9. The molecule has 41 heavy (non-hydrogen) atoms. The van der Waals surface area contributed by atoms with E-state index in [1.165, 1.54) is 19.0 Å². The Hall–Kier alpha value is -3.62. The number of carbonyl (C=O) groups excluding carboxylic acids is 3. The number of phenolic OH excluding ortho intramolecular Hbond substituents is 1. The van der Waals surface area contributed by atoms with E-state index in [0.717, 1.165) is 0 Å². The van der Waals surface area contributed by atoms with Gasteiger partial charge in [-0.05, 0) is 44.5 Å². The smallest absolute Gasteiger partial charge is 0.390 e. The molecule has 1 fully saturated rings. The van der Waals surface area contributed by atoms with Crippen molar-refractivity contribution in [1.82, 2.24) is 10.2 Å². The lowest BCUT2D eigenvalue weighted by atomic mass is 9.57. The molecular weight excluding hydrogens is 549 g/mol. The highest BCUT2D eigenvalue weighted by atomic mass is 19.4. The number of halogens is 3. The average Bonchev–Trinajstić information content (AvgIpc) is 2.83. The molecule has 3 aliphatic carbocycles. The van der Waals surface area contributed by atoms with Crippen LogP contribution in [0.25, 0.3) is 5.76 Å². The first kappa shape index (κ1) is 30.3. The van der Waals surface area contributed by atoms with Gasteiger partial charge in [-0.2, -0.15) is 13.2 Å². The van der Waals surface area contributed by atoms with Gasteiger partial charge in [0.15, 0.2) is 11.4 Å². The second kappa shape index (κ2) is 10.3. The number of fused-ring (bicyclic) bond motifs is 3. The second-order valence-electron chi connectivity index (χ2n) is 11.2. The van der Waals surface area contributed by atoms with Crippen LogP contribution in [0.5, 0.6) is 5.75 Å². The summed E-state index contributed by atoms with van der Waals surface area (Å²) in [6.07, 6.45) is -5.43. The lowest BCUT2D eigenvalue weighted by molar-refractivity contribution is -0.153. The molecule has 0 unspecified atom stereocenters. The number of amides is 1. The third kappa shape index (κ3) is 4.83. The molecule has 1 aromatic rings. The fourth-order valence-corrected chi connectivity index (χ4v) is 6.33. The summed E-state index contributed by atoms with van der Waals surface area (Å²) >= 11 is 0. The van der Waals surface area contributed by atoms with Crippen LogP contribution in [-0.2, 0) is 27.3 Å². The van der Waals surface area contributed by atoms with E-state index in [4.69, 9.17) is 5.73 Å². The van der Waals surface area contributed by atoms with Gasteiger partial charge in [-0.15, -0.1) is 0 Å². The van der Waals surface area contributed by atoms with Gasteiger partial charge in [0, 0.05) is 49.9 Å². The molecular formula is C27H33F3N4O7. The average molecular weight is 583 g/mol. The van der Waals surface area contributed by atoms with E-state index in [2.05, 4.69) is 5.32 Å². The number of hydrogen-bond acceptors (Lipinski definition) is 10. The predicted octanol–water partition coefficient (Wildman–Crippen LogP) is 1.07. The summed E-state index contributed by atoms with van der Waals surface area (Å²) in [5.74, 6) is -7.57. The summed E-state index contributed by atoms with van der Waals surface area (Å²) in [7, 11) is 6.43. The Kier molecular flexibility index (Phi) is 7.65. The molecule has 0 bridgehead atoms. The van der Waals surface area contributed by atoms with Crippen molar-refractivity contribution in [3.63, 3.8) is 0 Å². The molecule has 7 N–H and O–H groups in total. The number of rotatable bonds is 7. The van der Waals surface area contributed by atoms with Crippen molar-refractivity contribution in [2.24, 2.45) is 17.6 Å². The van der Waals surface area contributed by atoms with Gasteiger partial charge >= 0.3 is 6.18 Å². The van der Waals surface area contributed by atoms with Gasteiger partial charge in [-0.3, -0.25) is 19.3 Å². The number of carbonyl (C=O) groups is 3. The fourth-order valence-electron chi connectivity index (χ4n) is 6.33. The normalized spacial score (nSPS) is 26.2. The van der Waals surface area contributed by atoms with Crippen molar-refractivity contribution in [3.05, 3.63) is 39.7 Å². The van der Waals surface area contributed by atoms with Gasteiger partial charge in [0.25, 0.3) is 5.91 Å². The van der Waals surface area contributed by atoms with Gasteiger partial charge in [-0.1, -0.05) is 0 Å². The summed E-state index contributed by atoms with van der Waals surface area (Å²) in [4.78, 5) is 42.3. The number of nitrogens with zero attached hydrogens (tertiary/aromatic N) is 2. The Morgan fingerprint density at radius 2 is 1.80 bits per heavy atom. The zero-order valence-corrected chi connectivity index (χ0v) is 23.0. The van der Waals surface area contributed by atoms with Crippen LogP contribution in [0.1, 0.15) is 29.5 Å². The molecule has 11 nitrogen and oxygen atoms in total. The summed E-state index contributed by atoms with van der Waals surface area (Å²) in [5.41, 5.74) is 2.38. The van der Waals surface area contributed by atoms with Crippen molar-refractivity contribution in [2.45, 2.75) is 43.6 Å².